The van der Waals surface area contributed by atoms with E-state index in [1.54, 1.807) is 12.3 Å². The number of anilines is 2. The fourth-order valence-electron chi connectivity index (χ4n) is 4.65. The minimum atomic E-state index is -0.278. The Morgan fingerprint density at radius 2 is 1.97 bits per heavy atom. The van der Waals surface area contributed by atoms with Crippen molar-refractivity contribution in [2.45, 2.75) is 19.0 Å². The second-order valence-corrected chi connectivity index (χ2v) is 9.58. The summed E-state index contributed by atoms with van der Waals surface area (Å²) < 4.78 is 7.08. The van der Waals surface area contributed by atoms with E-state index in [0.717, 1.165) is 22.8 Å². The van der Waals surface area contributed by atoms with Crippen molar-refractivity contribution in [1.82, 2.24) is 14.9 Å². The van der Waals surface area contributed by atoms with Crippen molar-refractivity contribution in [3.63, 3.8) is 0 Å². The van der Waals surface area contributed by atoms with Gasteiger partial charge in [-0.2, -0.15) is 0 Å². The maximum Gasteiger partial charge on any atom is 0.250 e. The number of amides is 1. The number of pyridine rings is 1. The van der Waals surface area contributed by atoms with Gasteiger partial charge in [-0.3, -0.25) is 9.78 Å². The summed E-state index contributed by atoms with van der Waals surface area (Å²) >= 11 is 12.5. The SMILES string of the molecule is COCC(=O)Nc1ccc(N2C(=S)N[C@H](c3ccccn3)[C@@H]2c2cccn2-c2cccc(C)c2)cc1Cl. The van der Waals surface area contributed by atoms with Gasteiger partial charge in [0.2, 0.25) is 5.91 Å². The van der Waals surface area contributed by atoms with Crippen molar-refractivity contribution in [3.8, 4) is 5.69 Å². The zero-order valence-electron chi connectivity index (χ0n) is 20.4. The molecule has 3 heterocycles. The number of nitrogens with zero attached hydrogens (tertiary/aromatic N) is 3. The lowest BCUT2D eigenvalue weighted by molar-refractivity contribution is -0.119. The van der Waals surface area contributed by atoms with Gasteiger partial charge in [0.05, 0.1) is 22.4 Å². The molecule has 1 aliphatic heterocycles. The summed E-state index contributed by atoms with van der Waals surface area (Å²) in [6, 6.07) is 23.4. The Morgan fingerprint density at radius 3 is 2.70 bits per heavy atom. The number of hydrogen-bond donors (Lipinski definition) is 2. The molecular weight excluding hydrogens is 506 g/mol. The monoisotopic (exact) mass is 531 g/mol. The van der Waals surface area contributed by atoms with Crippen LogP contribution in [0.3, 0.4) is 0 Å². The molecule has 0 radical (unpaired) electrons. The van der Waals surface area contributed by atoms with E-state index in [-0.39, 0.29) is 24.6 Å². The summed E-state index contributed by atoms with van der Waals surface area (Å²) in [6.07, 6.45) is 3.84. The second kappa shape index (κ2) is 10.7. The summed E-state index contributed by atoms with van der Waals surface area (Å²) in [4.78, 5) is 18.7. The van der Waals surface area contributed by atoms with Crippen molar-refractivity contribution in [2.24, 2.45) is 0 Å². The number of aromatic nitrogens is 2. The van der Waals surface area contributed by atoms with E-state index in [0.29, 0.717) is 15.8 Å². The zero-order valence-corrected chi connectivity index (χ0v) is 22.0. The minimum Gasteiger partial charge on any atom is -0.375 e. The van der Waals surface area contributed by atoms with Crippen LogP contribution < -0.4 is 15.5 Å². The third-order valence-corrected chi connectivity index (χ3v) is 6.87. The molecule has 4 aromatic rings. The highest BCUT2D eigenvalue weighted by molar-refractivity contribution is 7.80. The van der Waals surface area contributed by atoms with Gasteiger partial charge in [0, 0.05) is 36.6 Å². The molecule has 1 amide bonds. The second-order valence-electron chi connectivity index (χ2n) is 8.78. The lowest BCUT2D eigenvalue weighted by Crippen LogP contribution is -2.30. The number of halogens is 1. The van der Waals surface area contributed by atoms with E-state index < -0.39 is 0 Å². The van der Waals surface area contributed by atoms with Gasteiger partial charge >= 0.3 is 0 Å². The summed E-state index contributed by atoms with van der Waals surface area (Å²) in [5.41, 5.74) is 5.46. The van der Waals surface area contributed by atoms with Crippen LogP contribution >= 0.6 is 23.8 Å². The summed E-state index contributed by atoms with van der Waals surface area (Å²) in [7, 11) is 1.47. The average molecular weight is 532 g/mol. The number of carbonyl (C=O) groups is 1. The Hall–Kier alpha value is -3.72. The number of benzene rings is 2. The van der Waals surface area contributed by atoms with Crippen LogP contribution in [0, 0.1) is 6.92 Å². The summed E-state index contributed by atoms with van der Waals surface area (Å²) in [6.45, 7) is 2.03. The largest absolute Gasteiger partial charge is 0.375 e. The number of rotatable bonds is 7. The topological polar surface area (TPSA) is 71.4 Å². The van der Waals surface area contributed by atoms with E-state index in [1.807, 2.05) is 36.4 Å². The Kier molecular flexibility index (Phi) is 7.23. The molecule has 188 valence electrons. The molecule has 1 aliphatic rings. The maximum absolute atomic E-state index is 12.0. The van der Waals surface area contributed by atoms with Gasteiger partial charge < -0.3 is 24.8 Å². The first kappa shape index (κ1) is 25.0. The van der Waals surface area contributed by atoms with E-state index in [4.69, 9.17) is 28.6 Å². The van der Waals surface area contributed by atoms with Gasteiger partial charge in [-0.1, -0.05) is 29.8 Å². The molecule has 2 aromatic heterocycles. The maximum atomic E-state index is 12.0. The van der Waals surface area contributed by atoms with E-state index in [1.165, 1.54) is 12.7 Å². The van der Waals surface area contributed by atoms with Gasteiger partial charge in [-0.25, -0.2) is 0 Å². The Balaban J connectivity index is 1.59. The molecule has 1 saturated heterocycles. The third kappa shape index (κ3) is 5.09. The Bertz CT molecular complexity index is 1440. The quantitative estimate of drug-likeness (QED) is 0.303. The molecule has 9 heteroatoms. The molecule has 5 rings (SSSR count). The van der Waals surface area contributed by atoms with Crippen molar-refractivity contribution >= 4 is 46.2 Å². The fourth-order valence-corrected chi connectivity index (χ4v) is 5.22. The fraction of sp³-hybridized carbons (Fsp3) is 0.179. The molecule has 2 aromatic carbocycles. The number of hydrogen-bond acceptors (Lipinski definition) is 4. The molecule has 2 N–H and O–H groups in total. The number of thiocarbonyl (C=S) groups is 1. The Morgan fingerprint density at radius 1 is 1.11 bits per heavy atom. The normalized spacial score (nSPS) is 17.1. The van der Waals surface area contributed by atoms with Gasteiger partial charge in [0.1, 0.15) is 12.6 Å². The lowest BCUT2D eigenvalue weighted by Gasteiger charge is -2.29. The molecule has 0 spiro atoms. The van der Waals surface area contributed by atoms with Crippen LogP contribution in [0.25, 0.3) is 5.69 Å². The van der Waals surface area contributed by atoms with Gasteiger partial charge in [0.25, 0.3) is 0 Å². The van der Waals surface area contributed by atoms with Crippen LogP contribution in [0.15, 0.2) is 85.2 Å². The van der Waals surface area contributed by atoms with Gasteiger partial charge in [-0.15, -0.1) is 0 Å². The first-order valence-electron chi connectivity index (χ1n) is 11.8. The first-order chi connectivity index (χ1) is 18.0. The number of methoxy groups -OCH3 is 1. The number of nitrogens with one attached hydrogen (secondary N) is 2. The van der Waals surface area contributed by atoms with Crippen molar-refractivity contribution in [1.29, 1.82) is 0 Å². The molecule has 2 atom stereocenters. The van der Waals surface area contributed by atoms with Crippen LogP contribution in [-0.2, 0) is 9.53 Å². The van der Waals surface area contributed by atoms with Crippen LogP contribution in [0.5, 0.6) is 0 Å². The molecule has 0 unspecified atom stereocenters. The summed E-state index contributed by atoms with van der Waals surface area (Å²) in [5, 5.41) is 7.22. The third-order valence-electron chi connectivity index (χ3n) is 6.24. The highest BCUT2D eigenvalue weighted by Crippen LogP contribution is 2.43. The molecule has 0 bridgehead atoms. The van der Waals surface area contributed by atoms with Gasteiger partial charge in [-0.05, 0) is 79.3 Å². The molecule has 0 aliphatic carbocycles. The van der Waals surface area contributed by atoms with Crippen molar-refractivity contribution in [2.75, 3.05) is 23.9 Å². The highest BCUT2D eigenvalue weighted by Gasteiger charge is 2.42. The van der Waals surface area contributed by atoms with Crippen molar-refractivity contribution < 1.29 is 9.53 Å². The number of carbonyl (C=O) groups excluding carboxylic acids is 1. The minimum absolute atomic E-state index is 0.0536. The summed E-state index contributed by atoms with van der Waals surface area (Å²) in [5.74, 6) is -0.278. The molecular formula is C28H26ClN5O2S. The molecule has 37 heavy (non-hydrogen) atoms. The van der Waals surface area contributed by atoms with Crippen LogP contribution in [0.1, 0.15) is 29.0 Å². The number of aryl methyl sites for hydroxylation is 1. The molecule has 7 nitrogen and oxygen atoms in total. The predicted molar refractivity (Wildman–Crippen MR) is 150 cm³/mol. The Labute approximate surface area is 226 Å². The zero-order chi connectivity index (χ0) is 25.9. The lowest BCUT2D eigenvalue weighted by atomic mass is 10.0. The molecule has 0 saturated carbocycles. The smallest absolute Gasteiger partial charge is 0.250 e. The van der Waals surface area contributed by atoms with Crippen LogP contribution in [0.2, 0.25) is 5.02 Å². The van der Waals surface area contributed by atoms with E-state index in [9.17, 15) is 4.79 Å². The average Bonchev–Trinajstić information content (AvgIpc) is 3.50. The highest BCUT2D eigenvalue weighted by atomic mass is 35.5. The predicted octanol–water partition coefficient (Wildman–Crippen LogP) is 5.60. The van der Waals surface area contributed by atoms with Crippen molar-refractivity contribution in [3.05, 3.63) is 107 Å². The van der Waals surface area contributed by atoms with Crippen LogP contribution in [-0.4, -0.2) is 34.3 Å². The van der Waals surface area contributed by atoms with Crippen LogP contribution in [0.4, 0.5) is 11.4 Å². The standard InChI is InChI=1S/C28H26ClN5O2S/c1-18-7-5-8-19(15-18)33-14-6-10-24(33)27-26(23-9-3-4-13-30-23)32-28(37)34(27)20-11-12-22(21(29)16-20)31-25(35)17-36-2/h3-16,26-27H,17H2,1-2H3,(H,31,35)(H,32,37)/t26-,27+/m1/s1. The first-order valence-corrected chi connectivity index (χ1v) is 12.6. The van der Waals surface area contributed by atoms with E-state index in [2.05, 4.69) is 68.5 Å². The molecule has 1 fully saturated rings. The van der Waals surface area contributed by atoms with Gasteiger partial charge in [0.15, 0.2) is 5.11 Å². The number of ether oxygens (including phenoxy) is 1. The van der Waals surface area contributed by atoms with E-state index >= 15 is 0 Å².